The highest BCUT2D eigenvalue weighted by Crippen LogP contribution is 2.41. The van der Waals surface area contributed by atoms with Gasteiger partial charge in [0.05, 0.1) is 0 Å². The molecule has 0 fully saturated rings. The van der Waals surface area contributed by atoms with Crippen LogP contribution in [0.3, 0.4) is 0 Å². The van der Waals surface area contributed by atoms with Gasteiger partial charge in [0.15, 0.2) is 0 Å². The van der Waals surface area contributed by atoms with Crippen molar-refractivity contribution in [3.63, 3.8) is 0 Å². The zero-order chi connectivity index (χ0) is 19.8. The molecule has 0 saturated heterocycles. The van der Waals surface area contributed by atoms with Crippen molar-refractivity contribution in [2.75, 3.05) is 0 Å². The topological polar surface area (TPSA) is 0 Å². The van der Waals surface area contributed by atoms with Gasteiger partial charge in [0.1, 0.15) is 0 Å². The second-order valence-electron chi connectivity index (χ2n) is 9.62. The van der Waals surface area contributed by atoms with Crippen LogP contribution < -0.4 is 0 Å². The fourth-order valence-electron chi connectivity index (χ4n) is 3.95. The summed E-state index contributed by atoms with van der Waals surface area (Å²) in [5, 5.41) is 0. The molecule has 0 aliphatic carbocycles. The Labute approximate surface area is 165 Å². The Kier molecular flexibility index (Phi) is 5.04. The maximum atomic E-state index is 2.45. The summed E-state index contributed by atoms with van der Waals surface area (Å²) in [5.74, 6) is 0. The Morgan fingerprint density at radius 2 is 1.04 bits per heavy atom. The van der Waals surface area contributed by atoms with Gasteiger partial charge in [0, 0.05) is 0 Å². The first-order valence-corrected chi connectivity index (χ1v) is 9.89. The van der Waals surface area contributed by atoms with Crippen molar-refractivity contribution in [1.29, 1.82) is 0 Å². The highest BCUT2D eigenvalue weighted by Gasteiger charge is 2.25. The second-order valence-corrected chi connectivity index (χ2v) is 9.62. The predicted molar refractivity (Wildman–Crippen MR) is 119 cm³/mol. The van der Waals surface area contributed by atoms with E-state index in [2.05, 4.69) is 115 Å². The van der Waals surface area contributed by atoms with Gasteiger partial charge in [-0.2, -0.15) is 0 Å². The molecule has 0 spiro atoms. The van der Waals surface area contributed by atoms with Crippen LogP contribution in [0.4, 0.5) is 0 Å². The third-order valence-electron chi connectivity index (χ3n) is 5.28. The lowest BCUT2D eigenvalue weighted by Crippen LogP contribution is -2.19. The van der Waals surface area contributed by atoms with Crippen LogP contribution in [0.25, 0.3) is 22.3 Å². The smallest absolute Gasteiger partial charge is 0.0102 e. The fourth-order valence-corrected chi connectivity index (χ4v) is 3.95. The van der Waals surface area contributed by atoms with Crippen molar-refractivity contribution in [3.05, 3.63) is 83.4 Å². The molecular weight excluding hydrogens is 324 g/mol. The number of hydrogen-bond donors (Lipinski definition) is 0. The molecule has 0 nitrogen and oxygen atoms in total. The van der Waals surface area contributed by atoms with Crippen molar-refractivity contribution in [2.45, 2.75) is 59.3 Å². The highest BCUT2D eigenvalue weighted by atomic mass is 14.3. The molecule has 0 radical (unpaired) electrons. The van der Waals surface area contributed by atoms with E-state index in [1.165, 1.54) is 38.9 Å². The Hall–Kier alpha value is -2.34. The molecule has 0 bridgehead atoms. The minimum atomic E-state index is 0.0762. The molecule has 27 heavy (non-hydrogen) atoms. The van der Waals surface area contributed by atoms with Crippen LogP contribution in [0.15, 0.2) is 66.7 Å². The Balaban J connectivity index is 2.32. The summed E-state index contributed by atoms with van der Waals surface area (Å²) in [5.41, 5.74) is 9.68. The van der Waals surface area contributed by atoms with Crippen LogP contribution in [0, 0.1) is 6.92 Å². The van der Waals surface area contributed by atoms with E-state index in [4.69, 9.17) is 0 Å². The van der Waals surface area contributed by atoms with Crippen LogP contribution in [0.2, 0.25) is 0 Å². The maximum Gasteiger partial charge on any atom is -0.0102 e. The lowest BCUT2D eigenvalue weighted by atomic mass is 9.75. The zero-order valence-electron chi connectivity index (χ0n) is 17.9. The Morgan fingerprint density at radius 1 is 0.519 bits per heavy atom. The van der Waals surface area contributed by atoms with Crippen molar-refractivity contribution in [2.24, 2.45) is 0 Å². The summed E-state index contributed by atoms with van der Waals surface area (Å²) in [6.45, 7) is 16.1. The van der Waals surface area contributed by atoms with Crippen LogP contribution in [0.5, 0.6) is 0 Å². The third kappa shape index (κ3) is 4.00. The van der Waals surface area contributed by atoms with E-state index in [1.54, 1.807) is 0 Å². The van der Waals surface area contributed by atoms with Gasteiger partial charge < -0.3 is 0 Å². The van der Waals surface area contributed by atoms with Gasteiger partial charge in [0.25, 0.3) is 0 Å². The fraction of sp³-hybridized carbons (Fsp3) is 0.333. The van der Waals surface area contributed by atoms with Crippen LogP contribution >= 0.6 is 0 Å². The van der Waals surface area contributed by atoms with Gasteiger partial charge in [-0.25, -0.2) is 0 Å². The van der Waals surface area contributed by atoms with Crippen LogP contribution in [-0.4, -0.2) is 0 Å². The SMILES string of the molecule is Cc1cc(-c2ccccc2-c2ccccc2)c(C(C)(C)C)cc1C(C)(C)C. The minimum absolute atomic E-state index is 0.0762. The second kappa shape index (κ2) is 7.00. The van der Waals surface area contributed by atoms with E-state index in [1.807, 2.05) is 0 Å². The van der Waals surface area contributed by atoms with Gasteiger partial charge >= 0.3 is 0 Å². The molecule has 0 unspecified atom stereocenters. The predicted octanol–water partition coefficient (Wildman–Crippen LogP) is 7.92. The van der Waals surface area contributed by atoms with Crippen molar-refractivity contribution in [1.82, 2.24) is 0 Å². The molecule has 0 amide bonds. The Bertz CT molecular complexity index is 932. The highest BCUT2D eigenvalue weighted by molar-refractivity contribution is 5.85. The number of aryl methyl sites for hydroxylation is 1. The summed E-state index contributed by atoms with van der Waals surface area (Å²) in [6, 6.07) is 24.4. The van der Waals surface area contributed by atoms with Gasteiger partial charge in [-0.1, -0.05) is 108 Å². The molecule has 0 aromatic heterocycles. The number of benzene rings is 3. The lowest BCUT2D eigenvalue weighted by Gasteiger charge is -2.30. The van der Waals surface area contributed by atoms with E-state index in [0.717, 1.165) is 0 Å². The van der Waals surface area contributed by atoms with Crippen molar-refractivity contribution >= 4 is 0 Å². The number of hydrogen-bond acceptors (Lipinski definition) is 0. The monoisotopic (exact) mass is 356 g/mol. The third-order valence-corrected chi connectivity index (χ3v) is 5.28. The summed E-state index contributed by atoms with van der Waals surface area (Å²) in [4.78, 5) is 0. The zero-order valence-corrected chi connectivity index (χ0v) is 17.9. The molecule has 0 heterocycles. The largest absolute Gasteiger partial charge is 0.0622 e. The van der Waals surface area contributed by atoms with Crippen LogP contribution in [-0.2, 0) is 10.8 Å². The minimum Gasteiger partial charge on any atom is -0.0622 e. The molecule has 3 aromatic carbocycles. The average molecular weight is 357 g/mol. The van der Waals surface area contributed by atoms with E-state index in [9.17, 15) is 0 Å². The van der Waals surface area contributed by atoms with E-state index < -0.39 is 0 Å². The quantitative estimate of drug-likeness (QED) is 0.437. The standard InChI is InChI=1S/C27H32/c1-19-17-23(25(27(5,6)7)18-24(19)26(2,3)4)22-16-12-11-15-21(22)20-13-9-8-10-14-20/h8-18H,1-7H3. The van der Waals surface area contributed by atoms with Crippen molar-refractivity contribution in [3.8, 4) is 22.3 Å². The first-order valence-electron chi connectivity index (χ1n) is 9.89. The molecule has 0 N–H and O–H groups in total. The normalized spacial score (nSPS) is 12.3. The Morgan fingerprint density at radius 3 is 1.59 bits per heavy atom. The molecule has 0 heteroatoms. The molecule has 0 aliphatic heterocycles. The number of rotatable bonds is 2. The van der Waals surface area contributed by atoms with E-state index >= 15 is 0 Å². The summed E-state index contributed by atoms with van der Waals surface area (Å²) < 4.78 is 0. The van der Waals surface area contributed by atoms with Crippen molar-refractivity contribution < 1.29 is 0 Å². The molecule has 0 saturated carbocycles. The molecular formula is C27H32. The molecule has 3 rings (SSSR count). The molecule has 3 aromatic rings. The van der Waals surface area contributed by atoms with E-state index in [0.29, 0.717) is 0 Å². The summed E-state index contributed by atoms with van der Waals surface area (Å²) >= 11 is 0. The van der Waals surface area contributed by atoms with Gasteiger partial charge in [0.2, 0.25) is 0 Å². The summed E-state index contributed by atoms with van der Waals surface area (Å²) in [7, 11) is 0. The van der Waals surface area contributed by atoms with Gasteiger partial charge in [-0.3, -0.25) is 0 Å². The maximum absolute atomic E-state index is 2.45. The first-order chi connectivity index (χ1) is 12.6. The first kappa shape index (κ1) is 19.4. The molecule has 0 aliphatic rings. The summed E-state index contributed by atoms with van der Waals surface area (Å²) in [6.07, 6.45) is 0. The average Bonchev–Trinajstić information content (AvgIpc) is 2.60. The van der Waals surface area contributed by atoms with Gasteiger partial charge in [-0.05, 0) is 56.7 Å². The van der Waals surface area contributed by atoms with E-state index in [-0.39, 0.29) is 10.8 Å². The van der Waals surface area contributed by atoms with Gasteiger partial charge in [-0.15, -0.1) is 0 Å². The van der Waals surface area contributed by atoms with Crippen LogP contribution in [0.1, 0.15) is 58.2 Å². The molecule has 0 atom stereocenters. The molecule has 140 valence electrons. The lowest BCUT2D eigenvalue weighted by molar-refractivity contribution is 0.567.